The maximum absolute atomic E-state index is 14.8. The van der Waals surface area contributed by atoms with Crippen molar-refractivity contribution in [1.82, 2.24) is 67.4 Å². The third-order valence-corrected chi connectivity index (χ3v) is 15.5. The molecule has 19 N–H and O–H groups in total. The number of benzene rings is 3. The van der Waals surface area contributed by atoms with Crippen molar-refractivity contribution in [2.75, 3.05) is 31.8 Å². The average Bonchev–Trinajstić information content (AvgIpc) is 3.34. The average molecular weight is 1230 g/mol. The molecule has 0 fully saturated rings. The van der Waals surface area contributed by atoms with Crippen LogP contribution in [0.5, 0.6) is 0 Å². The first kappa shape index (κ1) is 68.0. The van der Waals surface area contributed by atoms with E-state index in [0.29, 0.717) is 47.5 Å². The maximum Gasteiger partial charge on any atom is 0.246 e. The highest BCUT2D eigenvalue weighted by Crippen LogP contribution is 2.22. The predicted molar refractivity (Wildman–Crippen MR) is 333 cm³/mol. The van der Waals surface area contributed by atoms with E-state index < -0.39 is 120 Å². The zero-order chi connectivity index (χ0) is 63.9. The summed E-state index contributed by atoms with van der Waals surface area (Å²) in [5.74, 6) is -7.03. The van der Waals surface area contributed by atoms with E-state index in [-0.39, 0.29) is 45.1 Å². The second-order valence-electron chi connectivity index (χ2n) is 21.3. The van der Waals surface area contributed by atoms with Crippen molar-refractivity contribution in [3.05, 3.63) is 126 Å². The molecule has 6 aromatic rings. The standard InChI is InChI=1S/C60H81N17O10S/c1-34(53(80)73-49(26-39-30-67-44-19-11-9-17-42(39)44)58(85)75-47(24-37-14-6-5-7-15-37)57(84)72-45(52(64)79)20-12-13-22-61)69-56(83)48(25-38-29-66-43-18-10-8-16-41(38)43)76-59(86)50(27-40-31-65-33-68-40)74-54(81)36(3)77(32-63)60(87)35(2)70-55(82)46(21-23-88-4)71-51(78)28-62/h5-11,14-19,29-31,33-36,45-50,66-67H,12-13,20-28,32,61-63H2,1-4H3,(H2,64,79)(H,65,68)(H,69,83)(H,70,82)(H,71,78)(H,72,84)(H,73,80)(H,74,81)(H,75,85)(H,76,86)/t34-,35-,36-,45-,46-,47+,48+,49-,50-/m0/s1. The van der Waals surface area contributed by atoms with Gasteiger partial charge in [-0.05, 0) is 93.8 Å². The SMILES string of the molecule is CSCC[C@H](NC(=O)CN)C(=O)N[C@@H](C)C(=O)N(CN)[C@@H](C)C(=O)N[C@@H](Cc1cnc[nH]1)C(=O)N[C@H](Cc1c[nH]c2ccccc12)C(=O)N[C@@H](C)C(=O)N[C@@H](Cc1c[nH]c2ccccc12)C(=O)N[C@H](Cc1ccccc1)C(=O)N[C@@H](CCCCN)C(N)=O. The number of rotatable bonds is 35. The summed E-state index contributed by atoms with van der Waals surface area (Å²) in [6.45, 7) is 3.68. The molecule has 0 aliphatic carbocycles. The Morgan fingerprint density at radius 2 is 1.03 bits per heavy atom. The molecule has 6 rings (SSSR count). The molecule has 0 radical (unpaired) electrons. The van der Waals surface area contributed by atoms with Crippen molar-refractivity contribution in [2.24, 2.45) is 22.9 Å². The number of imidazole rings is 1. The largest absolute Gasteiger partial charge is 0.368 e. The second-order valence-corrected chi connectivity index (χ2v) is 22.3. The lowest BCUT2D eigenvalue weighted by atomic mass is 10.0. The van der Waals surface area contributed by atoms with Gasteiger partial charge in [0.05, 0.1) is 19.5 Å². The van der Waals surface area contributed by atoms with Gasteiger partial charge in [-0.2, -0.15) is 11.8 Å². The van der Waals surface area contributed by atoms with Gasteiger partial charge in [0.1, 0.15) is 54.4 Å². The fourth-order valence-corrected chi connectivity index (χ4v) is 10.3. The molecule has 28 heteroatoms. The van der Waals surface area contributed by atoms with Gasteiger partial charge in [-0.1, -0.05) is 66.7 Å². The zero-order valence-electron chi connectivity index (χ0n) is 49.7. The Labute approximate surface area is 513 Å². The van der Waals surface area contributed by atoms with Crippen LogP contribution in [-0.2, 0) is 73.6 Å². The molecule has 9 atom stereocenters. The van der Waals surface area contributed by atoms with Gasteiger partial charge in [-0.3, -0.25) is 47.9 Å². The molecule has 0 saturated heterocycles. The molecule has 10 amide bonds. The number of unbranched alkanes of at least 4 members (excludes halogenated alkanes) is 1. The molecular weight excluding hydrogens is 1150 g/mol. The van der Waals surface area contributed by atoms with Crippen molar-refractivity contribution >= 4 is 92.6 Å². The summed E-state index contributed by atoms with van der Waals surface area (Å²) in [6.07, 6.45) is 9.13. The maximum atomic E-state index is 14.8. The minimum Gasteiger partial charge on any atom is -0.368 e. The number of para-hydroxylation sites is 2. The first-order valence-electron chi connectivity index (χ1n) is 29.0. The quantitative estimate of drug-likeness (QED) is 0.0168. The van der Waals surface area contributed by atoms with Crippen LogP contribution < -0.4 is 65.5 Å². The number of thioether (sulfide) groups is 1. The number of aromatic amines is 3. The highest BCUT2D eigenvalue weighted by Gasteiger charge is 2.36. The van der Waals surface area contributed by atoms with Crippen molar-refractivity contribution in [2.45, 2.75) is 127 Å². The third-order valence-electron chi connectivity index (χ3n) is 14.9. The molecular formula is C60H81N17O10S. The van der Waals surface area contributed by atoms with Gasteiger partial charge in [0.2, 0.25) is 59.1 Å². The van der Waals surface area contributed by atoms with Gasteiger partial charge >= 0.3 is 0 Å². The topological polar surface area (TPSA) is 435 Å². The van der Waals surface area contributed by atoms with Crippen LogP contribution in [0.3, 0.4) is 0 Å². The van der Waals surface area contributed by atoms with Crippen molar-refractivity contribution < 1.29 is 47.9 Å². The van der Waals surface area contributed by atoms with Crippen molar-refractivity contribution in [3.63, 3.8) is 0 Å². The van der Waals surface area contributed by atoms with E-state index in [0.717, 1.165) is 26.7 Å². The van der Waals surface area contributed by atoms with E-state index >= 15 is 0 Å². The Kier molecular flexibility index (Phi) is 26.0. The van der Waals surface area contributed by atoms with Crippen LogP contribution in [0.25, 0.3) is 21.8 Å². The van der Waals surface area contributed by atoms with Crippen LogP contribution in [0.4, 0.5) is 0 Å². The molecule has 3 aromatic carbocycles. The summed E-state index contributed by atoms with van der Waals surface area (Å²) < 4.78 is 0. The third kappa shape index (κ3) is 19.4. The molecule has 0 spiro atoms. The van der Waals surface area contributed by atoms with Crippen LogP contribution in [0.2, 0.25) is 0 Å². The number of nitrogens with two attached hydrogens (primary N) is 4. The molecule has 0 saturated carbocycles. The number of hydrogen-bond acceptors (Lipinski definition) is 15. The second kappa shape index (κ2) is 33.7. The van der Waals surface area contributed by atoms with Crippen LogP contribution in [0.1, 0.15) is 68.8 Å². The molecule has 472 valence electrons. The Morgan fingerprint density at radius 1 is 0.534 bits per heavy atom. The molecule has 27 nitrogen and oxygen atoms in total. The minimum atomic E-state index is -1.43. The first-order valence-corrected chi connectivity index (χ1v) is 30.4. The number of H-pyrrole nitrogens is 3. The molecule has 0 aliphatic rings. The molecule has 0 unspecified atom stereocenters. The highest BCUT2D eigenvalue weighted by molar-refractivity contribution is 7.98. The fraction of sp³-hybridized carbons (Fsp3) is 0.417. The van der Waals surface area contributed by atoms with Crippen LogP contribution in [-0.4, -0.2) is 170 Å². The number of nitrogens with one attached hydrogen (secondary N) is 11. The number of amides is 10. The van der Waals surface area contributed by atoms with Crippen LogP contribution >= 0.6 is 11.8 Å². The Morgan fingerprint density at radius 3 is 1.57 bits per heavy atom. The van der Waals surface area contributed by atoms with E-state index in [1.54, 1.807) is 48.8 Å². The molecule has 88 heavy (non-hydrogen) atoms. The number of carbonyl (C=O) groups excluding carboxylic acids is 10. The normalized spacial score (nSPS) is 14.3. The van der Waals surface area contributed by atoms with E-state index in [4.69, 9.17) is 22.9 Å². The summed E-state index contributed by atoms with van der Waals surface area (Å²) in [4.78, 5) is 153. The number of aromatic nitrogens is 4. The van der Waals surface area contributed by atoms with E-state index in [1.807, 2.05) is 48.7 Å². The summed E-state index contributed by atoms with van der Waals surface area (Å²) in [5.41, 5.74) is 26.7. The predicted octanol–water partition coefficient (Wildman–Crippen LogP) is -0.980. The number of nitrogens with zero attached hydrogens (tertiary/aromatic N) is 2. The lowest BCUT2D eigenvalue weighted by Crippen LogP contribution is -2.61. The molecule has 0 bridgehead atoms. The molecule has 3 aromatic heterocycles. The van der Waals surface area contributed by atoms with E-state index in [1.165, 1.54) is 45.1 Å². The number of carbonyl (C=O) groups is 10. The van der Waals surface area contributed by atoms with Gasteiger partial charge in [0, 0.05) is 71.8 Å². The summed E-state index contributed by atoms with van der Waals surface area (Å²) >= 11 is 1.45. The molecule has 0 aliphatic heterocycles. The Hall–Kier alpha value is -9.12. The Balaban J connectivity index is 1.24. The van der Waals surface area contributed by atoms with Crippen molar-refractivity contribution in [3.8, 4) is 0 Å². The smallest absolute Gasteiger partial charge is 0.246 e. The van der Waals surface area contributed by atoms with Crippen LogP contribution in [0, 0.1) is 0 Å². The summed E-state index contributed by atoms with van der Waals surface area (Å²) in [7, 11) is 0. The first-order chi connectivity index (χ1) is 42.2. The fourth-order valence-electron chi connectivity index (χ4n) is 9.87. The minimum absolute atomic E-state index is 0.00661. The van der Waals surface area contributed by atoms with Gasteiger partial charge in [-0.25, -0.2) is 4.98 Å². The van der Waals surface area contributed by atoms with E-state index in [9.17, 15) is 47.9 Å². The zero-order valence-corrected chi connectivity index (χ0v) is 50.5. The highest BCUT2D eigenvalue weighted by atomic mass is 32.2. The molecule has 3 heterocycles. The number of hydrogen-bond donors (Lipinski definition) is 15. The Bertz CT molecular complexity index is 3340. The van der Waals surface area contributed by atoms with Gasteiger partial charge in [0.25, 0.3) is 0 Å². The lowest BCUT2D eigenvalue weighted by Gasteiger charge is -2.31. The number of fused-ring (bicyclic) bond motifs is 2. The van der Waals surface area contributed by atoms with E-state index in [2.05, 4.69) is 62.5 Å². The summed E-state index contributed by atoms with van der Waals surface area (Å²) in [5, 5.41) is 23.1. The van der Waals surface area contributed by atoms with Gasteiger partial charge in [0.15, 0.2) is 0 Å². The summed E-state index contributed by atoms with van der Waals surface area (Å²) in [6, 6.07) is 12.0. The number of primary amides is 1. The monoisotopic (exact) mass is 1230 g/mol. The van der Waals surface area contributed by atoms with Crippen molar-refractivity contribution in [1.29, 1.82) is 0 Å². The van der Waals surface area contributed by atoms with Gasteiger partial charge in [-0.15, -0.1) is 0 Å². The lowest BCUT2D eigenvalue weighted by molar-refractivity contribution is -0.143. The van der Waals surface area contributed by atoms with Crippen LogP contribution in [0.15, 0.2) is 104 Å². The van der Waals surface area contributed by atoms with Gasteiger partial charge < -0.3 is 85.3 Å².